The van der Waals surface area contributed by atoms with Gasteiger partial charge in [0.15, 0.2) is 0 Å². The van der Waals surface area contributed by atoms with E-state index in [1.807, 2.05) is 17.5 Å². The number of hydrogen-bond acceptors (Lipinski definition) is 5. The number of aromatic nitrogens is 2. The van der Waals surface area contributed by atoms with Gasteiger partial charge in [-0.25, -0.2) is 0 Å². The number of rotatable bonds is 6. The van der Waals surface area contributed by atoms with Gasteiger partial charge in [-0.05, 0) is 29.6 Å². The molecule has 0 aliphatic carbocycles. The maximum absolute atomic E-state index is 12.5. The third-order valence-corrected chi connectivity index (χ3v) is 4.78. The van der Waals surface area contributed by atoms with E-state index in [9.17, 15) is 14.9 Å². The van der Waals surface area contributed by atoms with E-state index in [0.29, 0.717) is 0 Å². The standard InChI is InChI=1S/C16H13ClN4O3S/c17-11-4-5-13(21(23)24)12(9-11)16(22)18-10-14(15-3-1-8-25-15)20-7-2-6-19-20/h1-9,14H,10H2,(H,18,22). The first kappa shape index (κ1) is 17.1. The summed E-state index contributed by atoms with van der Waals surface area (Å²) in [5.41, 5.74) is -0.350. The number of halogens is 1. The molecule has 1 atom stereocenters. The van der Waals surface area contributed by atoms with E-state index in [-0.39, 0.29) is 28.9 Å². The molecule has 9 heteroatoms. The summed E-state index contributed by atoms with van der Waals surface area (Å²) in [5.74, 6) is -0.553. The fraction of sp³-hybridized carbons (Fsp3) is 0.125. The van der Waals surface area contributed by atoms with Crippen molar-refractivity contribution in [2.24, 2.45) is 0 Å². The van der Waals surface area contributed by atoms with Crippen LogP contribution in [-0.4, -0.2) is 27.2 Å². The molecule has 0 spiro atoms. The van der Waals surface area contributed by atoms with Crippen LogP contribution in [0.5, 0.6) is 0 Å². The number of nitro benzene ring substituents is 1. The van der Waals surface area contributed by atoms with E-state index >= 15 is 0 Å². The fourth-order valence-corrected chi connectivity index (χ4v) is 3.40. The summed E-state index contributed by atoms with van der Waals surface area (Å²) in [6.07, 6.45) is 3.46. The smallest absolute Gasteiger partial charge is 0.282 e. The lowest BCUT2D eigenvalue weighted by molar-refractivity contribution is -0.385. The van der Waals surface area contributed by atoms with Crippen molar-refractivity contribution in [3.05, 3.63) is 79.7 Å². The molecular weight excluding hydrogens is 364 g/mol. The predicted octanol–water partition coefficient (Wildman–Crippen LogP) is 3.53. The molecule has 1 aromatic carbocycles. The van der Waals surface area contributed by atoms with Crippen LogP contribution in [0.1, 0.15) is 21.3 Å². The average molecular weight is 377 g/mol. The summed E-state index contributed by atoms with van der Waals surface area (Å²) in [5, 5.41) is 20.3. The topological polar surface area (TPSA) is 90.1 Å². The van der Waals surface area contributed by atoms with Gasteiger partial charge in [-0.15, -0.1) is 11.3 Å². The Labute approximate surface area is 152 Å². The number of carbonyl (C=O) groups is 1. The second-order valence-corrected chi connectivity index (χ2v) is 6.56. The van der Waals surface area contributed by atoms with E-state index in [2.05, 4.69) is 10.4 Å². The molecule has 0 bridgehead atoms. The van der Waals surface area contributed by atoms with Gasteiger partial charge in [0, 0.05) is 34.9 Å². The van der Waals surface area contributed by atoms with Crippen LogP contribution in [0, 0.1) is 10.1 Å². The Morgan fingerprint density at radius 2 is 2.24 bits per heavy atom. The second-order valence-electron chi connectivity index (χ2n) is 5.15. The number of nitrogens with zero attached hydrogens (tertiary/aromatic N) is 3. The van der Waals surface area contributed by atoms with Gasteiger partial charge in [0.05, 0.1) is 4.92 Å². The Morgan fingerprint density at radius 1 is 1.40 bits per heavy atom. The number of hydrogen-bond donors (Lipinski definition) is 1. The molecule has 25 heavy (non-hydrogen) atoms. The molecule has 3 aromatic rings. The van der Waals surface area contributed by atoms with E-state index in [1.165, 1.54) is 18.2 Å². The third-order valence-electron chi connectivity index (χ3n) is 3.57. The predicted molar refractivity (Wildman–Crippen MR) is 95.1 cm³/mol. The molecule has 1 N–H and O–H groups in total. The highest BCUT2D eigenvalue weighted by molar-refractivity contribution is 7.10. The van der Waals surface area contributed by atoms with Gasteiger partial charge in [0.25, 0.3) is 11.6 Å². The summed E-state index contributed by atoms with van der Waals surface area (Å²) in [4.78, 5) is 24.0. The highest BCUT2D eigenvalue weighted by Gasteiger charge is 2.22. The van der Waals surface area contributed by atoms with Crippen molar-refractivity contribution < 1.29 is 9.72 Å². The van der Waals surface area contributed by atoms with Crippen molar-refractivity contribution in [2.45, 2.75) is 6.04 Å². The zero-order chi connectivity index (χ0) is 17.8. The largest absolute Gasteiger partial charge is 0.349 e. The Hall–Kier alpha value is -2.71. The summed E-state index contributed by atoms with van der Waals surface area (Å²) in [7, 11) is 0. The van der Waals surface area contributed by atoms with Crippen molar-refractivity contribution in [2.75, 3.05) is 6.54 Å². The van der Waals surface area contributed by atoms with Crippen molar-refractivity contribution in [1.82, 2.24) is 15.1 Å². The minimum Gasteiger partial charge on any atom is -0.349 e. The molecule has 0 aliphatic rings. The van der Waals surface area contributed by atoms with E-state index < -0.39 is 10.8 Å². The van der Waals surface area contributed by atoms with Crippen LogP contribution in [0.15, 0.2) is 54.2 Å². The van der Waals surface area contributed by atoms with Crippen LogP contribution >= 0.6 is 22.9 Å². The number of benzene rings is 1. The van der Waals surface area contributed by atoms with Gasteiger partial charge in [-0.3, -0.25) is 19.6 Å². The van der Waals surface area contributed by atoms with Crippen LogP contribution in [-0.2, 0) is 0 Å². The summed E-state index contributed by atoms with van der Waals surface area (Å²) >= 11 is 7.42. The van der Waals surface area contributed by atoms with E-state index in [1.54, 1.807) is 34.5 Å². The zero-order valence-electron chi connectivity index (χ0n) is 12.8. The lowest BCUT2D eigenvalue weighted by atomic mass is 10.1. The SMILES string of the molecule is O=C(NCC(c1cccs1)n1cccn1)c1cc(Cl)ccc1[N+](=O)[O-]. The molecule has 1 unspecified atom stereocenters. The molecule has 128 valence electrons. The molecule has 0 fully saturated rings. The number of thiophene rings is 1. The van der Waals surface area contributed by atoms with Crippen LogP contribution in [0.4, 0.5) is 5.69 Å². The number of nitro groups is 1. The summed E-state index contributed by atoms with van der Waals surface area (Å²) in [6, 6.07) is 9.37. The number of carbonyl (C=O) groups excluding carboxylic acids is 1. The van der Waals surface area contributed by atoms with Crippen LogP contribution in [0.2, 0.25) is 5.02 Å². The molecule has 0 saturated heterocycles. The first-order valence-electron chi connectivity index (χ1n) is 7.31. The monoisotopic (exact) mass is 376 g/mol. The molecule has 2 heterocycles. The molecule has 1 amide bonds. The lowest BCUT2D eigenvalue weighted by Crippen LogP contribution is -2.31. The summed E-state index contributed by atoms with van der Waals surface area (Å²) in [6.45, 7) is 0.241. The quantitative estimate of drug-likeness (QED) is 0.526. The lowest BCUT2D eigenvalue weighted by Gasteiger charge is -2.17. The van der Waals surface area contributed by atoms with Crippen molar-refractivity contribution in [3.63, 3.8) is 0 Å². The average Bonchev–Trinajstić information content (AvgIpc) is 3.28. The van der Waals surface area contributed by atoms with Crippen molar-refractivity contribution in [1.29, 1.82) is 0 Å². The molecular formula is C16H13ClN4O3S. The van der Waals surface area contributed by atoms with Gasteiger partial charge in [-0.2, -0.15) is 5.10 Å². The van der Waals surface area contributed by atoms with E-state index in [0.717, 1.165) is 4.88 Å². The highest BCUT2D eigenvalue weighted by Crippen LogP contribution is 2.24. The Balaban J connectivity index is 1.81. The van der Waals surface area contributed by atoms with E-state index in [4.69, 9.17) is 11.6 Å². The van der Waals surface area contributed by atoms with Crippen LogP contribution < -0.4 is 5.32 Å². The van der Waals surface area contributed by atoms with Crippen molar-refractivity contribution >= 4 is 34.5 Å². The van der Waals surface area contributed by atoms with Gasteiger partial charge < -0.3 is 5.32 Å². The molecule has 0 aliphatic heterocycles. The number of amides is 1. The first-order valence-corrected chi connectivity index (χ1v) is 8.56. The maximum Gasteiger partial charge on any atom is 0.282 e. The highest BCUT2D eigenvalue weighted by atomic mass is 35.5. The minimum absolute atomic E-state index is 0.0668. The van der Waals surface area contributed by atoms with Crippen LogP contribution in [0.25, 0.3) is 0 Å². The zero-order valence-corrected chi connectivity index (χ0v) is 14.4. The molecule has 0 saturated carbocycles. The Kier molecular flexibility index (Phi) is 5.11. The maximum atomic E-state index is 12.5. The van der Waals surface area contributed by atoms with Gasteiger partial charge >= 0.3 is 0 Å². The minimum atomic E-state index is -0.602. The fourth-order valence-electron chi connectivity index (χ4n) is 2.40. The van der Waals surface area contributed by atoms with Gasteiger partial charge in [-0.1, -0.05) is 17.7 Å². The second kappa shape index (κ2) is 7.45. The normalized spacial score (nSPS) is 11.9. The molecule has 7 nitrogen and oxygen atoms in total. The summed E-state index contributed by atoms with van der Waals surface area (Å²) < 4.78 is 1.73. The van der Waals surface area contributed by atoms with Crippen molar-refractivity contribution in [3.8, 4) is 0 Å². The Morgan fingerprint density at radius 3 is 2.88 bits per heavy atom. The Bertz CT molecular complexity index is 847. The molecule has 0 radical (unpaired) electrons. The van der Waals surface area contributed by atoms with Gasteiger partial charge in [0.2, 0.25) is 0 Å². The third kappa shape index (κ3) is 3.86. The van der Waals surface area contributed by atoms with Gasteiger partial charge in [0.1, 0.15) is 11.6 Å². The number of nitrogens with one attached hydrogen (secondary N) is 1. The molecule has 2 aromatic heterocycles. The molecule has 3 rings (SSSR count). The first-order chi connectivity index (χ1) is 12.1. The van der Waals surface area contributed by atoms with Crippen LogP contribution in [0.3, 0.4) is 0 Å².